The van der Waals surface area contributed by atoms with Crippen LogP contribution in [0.2, 0.25) is 0 Å². The molecule has 0 bridgehead atoms. The molecule has 62 valence electrons. The van der Waals surface area contributed by atoms with Crippen LogP contribution in [-0.4, -0.2) is 18.0 Å². The van der Waals surface area contributed by atoms with Crippen LogP contribution in [0.25, 0.3) is 0 Å². The molecule has 0 aromatic heterocycles. The van der Waals surface area contributed by atoms with Gasteiger partial charge in [0.1, 0.15) is 5.54 Å². The van der Waals surface area contributed by atoms with E-state index in [1.54, 1.807) is 0 Å². The van der Waals surface area contributed by atoms with E-state index in [0.717, 1.165) is 12.8 Å². The molecule has 1 fully saturated rings. The molecule has 0 aliphatic heterocycles. The van der Waals surface area contributed by atoms with Gasteiger partial charge >= 0.3 is 12.4 Å². The molecule has 1 aliphatic carbocycles. The van der Waals surface area contributed by atoms with Crippen molar-refractivity contribution >= 4 is 12.4 Å². The summed E-state index contributed by atoms with van der Waals surface area (Å²) in [5.41, 5.74) is 4.77. The number of hydrogen-bond donors (Lipinski definition) is 1. The van der Waals surface area contributed by atoms with Crippen molar-refractivity contribution in [2.45, 2.75) is 31.2 Å². The molecule has 4 nitrogen and oxygen atoms in total. The van der Waals surface area contributed by atoms with Crippen molar-refractivity contribution in [1.82, 2.24) is 0 Å². The highest BCUT2D eigenvalue weighted by atomic mass is 16.6. The molecule has 2 N–H and O–H groups in total. The third-order valence-corrected chi connectivity index (χ3v) is 2.06. The fourth-order valence-corrected chi connectivity index (χ4v) is 1.37. The maximum Gasteiger partial charge on any atom is 0.333 e. The zero-order valence-electron chi connectivity index (χ0n) is 6.21. The van der Waals surface area contributed by atoms with Crippen molar-refractivity contribution in [2.24, 2.45) is 5.73 Å². The van der Waals surface area contributed by atoms with Crippen LogP contribution in [0.15, 0.2) is 0 Å². The maximum absolute atomic E-state index is 11.0. The first-order valence-corrected chi connectivity index (χ1v) is 3.63. The summed E-state index contributed by atoms with van der Waals surface area (Å²) in [7, 11) is 0. The lowest BCUT2D eigenvalue weighted by molar-refractivity contribution is -0.156. The fraction of sp³-hybridized carbons (Fsp3) is 0.714. The van der Waals surface area contributed by atoms with E-state index in [1.807, 2.05) is 0 Å². The Bertz CT molecular complexity index is 173. The van der Waals surface area contributed by atoms with Gasteiger partial charge in [0.2, 0.25) is 0 Å². The number of nitrogens with two attached hydrogens (primary N) is 1. The predicted molar refractivity (Wildman–Crippen MR) is 37.5 cm³/mol. The molecule has 0 saturated heterocycles. The Morgan fingerprint density at radius 1 is 1.45 bits per heavy atom. The van der Waals surface area contributed by atoms with Gasteiger partial charge in [-0.1, -0.05) is 12.8 Å². The highest BCUT2D eigenvalue weighted by Gasteiger charge is 2.38. The Morgan fingerprint density at radius 3 is 2.45 bits per heavy atom. The Labute approximate surface area is 64.7 Å². The monoisotopic (exact) mass is 157 g/mol. The normalized spacial score (nSPS) is 21.2. The van der Waals surface area contributed by atoms with Crippen molar-refractivity contribution in [1.29, 1.82) is 0 Å². The summed E-state index contributed by atoms with van der Waals surface area (Å²) in [6, 6.07) is 0. The zero-order valence-corrected chi connectivity index (χ0v) is 6.21. The minimum Gasteiger partial charge on any atom is -0.394 e. The largest absolute Gasteiger partial charge is 0.394 e. The summed E-state index contributed by atoms with van der Waals surface area (Å²) in [6.45, 7) is 0.134. The first-order chi connectivity index (χ1) is 5.19. The lowest BCUT2D eigenvalue weighted by Crippen LogP contribution is -2.46. The number of esters is 1. The predicted octanol–water partition coefficient (Wildman–Crippen LogP) is -0.0425. The van der Waals surface area contributed by atoms with E-state index >= 15 is 0 Å². The molecule has 0 amide bonds. The molecule has 0 aromatic rings. The van der Waals surface area contributed by atoms with Crippen molar-refractivity contribution in [3.63, 3.8) is 0 Å². The molecule has 1 aliphatic rings. The van der Waals surface area contributed by atoms with E-state index in [9.17, 15) is 9.59 Å². The minimum atomic E-state index is -0.888. The van der Waals surface area contributed by atoms with Gasteiger partial charge in [-0.2, -0.15) is 0 Å². The van der Waals surface area contributed by atoms with Crippen LogP contribution in [0.4, 0.5) is 0 Å². The number of rotatable bonds is 2. The molecule has 11 heavy (non-hydrogen) atoms. The van der Waals surface area contributed by atoms with E-state index in [0.29, 0.717) is 12.8 Å². The van der Waals surface area contributed by atoms with Gasteiger partial charge in [0, 0.05) is 0 Å². The number of hydrogen-bond acceptors (Lipinski definition) is 4. The summed E-state index contributed by atoms with van der Waals surface area (Å²) in [6.07, 6.45) is 3.12. The van der Waals surface area contributed by atoms with Crippen molar-refractivity contribution in [3.05, 3.63) is 0 Å². The lowest BCUT2D eigenvalue weighted by atomic mass is 10.00. The van der Waals surface area contributed by atoms with Gasteiger partial charge in [-0.25, -0.2) is 4.79 Å². The van der Waals surface area contributed by atoms with E-state index in [2.05, 4.69) is 4.74 Å². The molecule has 0 aromatic carbocycles. The summed E-state index contributed by atoms with van der Waals surface area (Å²) in [4.78, 5) is 20.8. The first-order valence-electron chi connectivity index (χ1n) is 3.63. The van der Waals surface area contributed by atoms with Crippen LogP contribution in [-0.2, 0) is 14.3 Å². The van der Waals surface area contributed by atoms with Gasteiger partial charge in [0.05, 0.1) is 0 Å². The lowest BCUT2D eigenvalue weighted by Gasteiger charge is -2.18. The molecule has 1 rings (SSSR count). The third-order valence-electron chi connectivity index (χ3n) is 2.06. The highest BCUT2D eigenvalue weighted by molar-refractivity contribution is 5.85. The summed E-state index contributed by atoms with van der Waals surface area (Å²) in [5, 5.41) is 0. The topological polar surface area (TPSA) is 69.4 Å². The molecule has 0 atom stereocenters. The fourth-order valence-electron chi connectivity index (χ4n) is 1.37. The minimum absolute atomic E-state index is 0.134. The smallest absolute Gasteiger partial charge is 0.333 e. The third kappa shape index (κ3) is 1.57. The average molecular weight is 157 g/mol. The zero-order chi connectivity index (χ0) is 8.32. The van der Waals surface area contributed by atoms with E-state index < -0.39 is 11.5 Å². The molecule has 0 unspecified atom stereocenters. The number of carbonyl (C=O) groups is 2. The van der Waals surface area contributed by atoms with Crippen LogP contribution in [0.1, 0.15) is 25.7 Å². The standard InChI is InChI=1S/C7H11NO3/c8-7(3-1-2-4-7)6(10)11-5-9/h5H,1-4,8H2. The first kappa shape index (κ1) is 8.20. The van der Waals surface area contributed by atoms with Crippen molar-refractivity contribution in [3.8, 4) is 0 Å². The maximum atomic E-state index is 11.0. The van der Waals surface area contributed by atoms with Crippen LogP contribution in [0, 0.1) is 0 Å². The quantitative estimate of drug-likeness (QED) is 0.347. The summed E-state index contributed by atoms with van der Waals surface area (Å²) >= 11 is 0. The molecular weight excluding hydrogens is 146 g/mol. The van der Waals surface area contributed by atoms with Gasteiger partial charge in [0.15, 0.2) is 0 Å². The SMILES string of the molecule is NC1(C(=O)OC=O)CCCC1. The second kappa shape index (κ2) is 3.00. The summed E-state index contributed by atoms with van der Waals surface area (Å²) in [5.74, 6) is -0.593. The molecule has 0 spiro atoms. The molecule has 0 radical (unpaired) electrons. The Morgan fingerprint density at radius 2 is 2.00 bits per heavy atom. The van der Waals surface area contributed by atoms with Crippen LogP contribution in [0.3, 0.4) is 0 Å². The number of carbonyl (C=O) groups excluding carboxylic acids is 2. The second-order valence-corrected chi connectivity index (χ2v) is 2.86. The van der Waals surface area contributed by atoms with Crippen molar-refractivity contribution in [2.75, 3.05) is 0 Å². The molecule has 1 saturated carbocycles. The van der Waals surface area contributed by atoms with Gasteiger partial charge in [-0.3, -0.25) is 4.79 Å². The Kier molecular flexibility index (Phi) is 2.24. The van der Waals surface area contributed by atoms with E-state index in [1.165, 1.54) is 0 Å². The Balaban J connectivity index is 2.55. The summed E-state index contributed by atoms with van der Waals surface area (Å²) < 4.78 is 4.18. The second-order valence-electron chi connectivity index (χ2n) is 2.86. The Hall–Kier alpha value is -0.900. The number of ether oxygens (including phenoxy) is 1. The van der Waals surface area contributed by atoms with Crippen LogP contribution >= 0.6 is 0 Å². The van der Waals surface area contributed by atoms with Crippen LogP contribution in [0.5, 0.6) is 0 Å². The average Bonchev–Trinajstić information content (AvgIpc) is 2.38. The van der Waals surface area contributed by atoms with Gasteiger partial charge in [-0.05, 0) is 12.8 Å². The van der Waals surface area contributed by atoms with E-state index in [4.69, 9.17) is 5.73 Å². The van der Waals surface area contributed by atoms with Crippen LogP contribution < -0.4 is 5.73 Å². The van der Waals surface area contributed by atoms with Gasteiger partial charge in [0.25, 0.3) is 0 Å². The van der Waals surface area contributed by atoms with Gasteiger partial charge < -0.3 is 10.5 Å². The van der Waals surface area contributed by atoms with Crippen molar-refractivity contribution < 1.29 is 14.3 Å². The highest BCUT2D eigenvalue weighted by Crippen LogP contribution is 2.27. The molecule has 0 heterocycles. The molecule has 4 heteroatoms. The van der Waals surface area contributed by atoms with E-state index in [-0.39, 0.29) is 6.47 Å². The molecular formula is C7H11NO3. The van der Waals surface area contributed by atoms with Gasteiger partial charge in [-0.15, -0.1) is 0 Å².